The van der Waals surface area contributed by atoms with Crippen LogP contribution in [-0.4, -0.2) is 4.98 Å². The van der Waals surface area contributed by atoms with E-state index in [-0.39, 0.29) is 0 Å². The molecule has 0 aliphatic heterocycles. The van der Waals surface area contributed by atoms with Crippen LogP contribution < -0.4 is 4.57 Å². The molecular formula is C15H13N2+. The van der Waals surface area contributed by atoms with Gasteiger partial charge in [0.15, 0.2) is 18.9 Å². The molecule has 3 aromatic rings. The molecule has 17 heavy (non-hydrogen) atoms. The molecule has 0 spiro atoms. The molecule has 0 unspecified atom stereocenters. The van der Waals surface area contributed by atoms with Crippen molar-refractivity contribution in [1.82, 2.24) is 4.98 Å². The smallest absolute Gasteiger partial charge is 0.178 e. The average molecular weight is 221 g/mol. The highest BCUT2D eigenvalue weighted by molar-refractivity contribution is 5.75. The van der Waals surface area contributed by atoms with Crippen molar-refractivity contribution in [2.24, 2.45) is 0 Å². The van der Waals surface area contributed by atoms with Gasteiger partial charge in [0.25, 0.3) is 0 Å². The SMILES string of the molecule is c1ccc(C[n+]2ccc3ncccc3c2)cc1. The van der Waals surface area contributed by atoms with Crippen LogP contribution >= 0.6 is 0 Å². The van der Waals surface area contributed by atoms with Crippen LogP contribution in [0.1, 0.15) is 5.56 Å². The van der Waals surface area contributed by atoms with Crippen LogP contribution in [0, 0.1) is 0 Å². The Morgan fingerprint density at radius 2 is 1.82 bits per heavy atom. The zero-order chi connectivity index (χ0) is 11.5. The Balaban J connectivity index is 1.96. The van der Waals surface area contributed by atoms with Crippen molar-refractivity contribution in [1.29, 1.82) is 0 Å². The Hall–Kier alpha value is -2.22. The monoisotopic (exact) mass is 221 g/mol. The Morgan fingerprint density at radius 1 is 0.941 bits per heavy atom. The summed E-state index contributed by atoms with van der Waals surface area (Å²) in [6, 6.07) is 16.6. The predicted octanol–water partition coefficient (Wildman–Crippen LogP) is 2.57. The molecule has 0 fully saturated rings. The standard InChI is InChI=1S/C15H13N2/c1-2-5-13(6-3-1)11-17-10-8-15-14(12-17)7-4-9-16-15/h1-10,12H,11H2/q+1. The number of hydrogen-bond acceptors (Lipinski definition) is 1. The predicted molar refractivity (Wildman–Crippen MR) is 67.5 cm³/mol. The van der Waals surface area contributed by atoms with Gasteiger partial charge in [0.05, 0.1) is 10.9 Å². The lowest BCUT2D eigenvalue weighted by Crippen LogP contribution is -2.33. The molecule has 0 amide bonds. The van der Waals surface area contributed by atoms with Crippen LogP contribution in [0.25, 0.3) is 10.9 Å². The van der Waals surface area contributed by atoms with Gasteiger partial charge in [-0.3, -0.25) is 4.98 Å². The van der Waals surface area contributed by atoms with Gasteiger partial charge in [-0.15, -0.1) is 0 Å². The molecule has 2 heteroatoms. The first-order valence-electron chi connectivity index (χ1n) is 5.69. The number of aromatic nitrogens is 2. The highest BCUT2D eigenvalue weighted by atomic mass is 14.9. The summed E-state index contributed by atoms with van der Waals surface area (Å²) >= 11 is 0. The van der Waals surface area contributed by atoms with Gasteiger partial charge < -0.3 is 0 Å². The Kier molecular flexibility index (Phi) is 2.54. The Bertz CT molecular complexity index is 633. The number of nitrogens with zero attached hydrogens (tertiary/aromatic N) is 2. The maximum atomic E-state index is 4.32. The zero-order valence-electron chi connectivity index (χ0n) is 9.45. The molecule has 1 aromatic carbocycles. The molecule has 0 saturated carbocycles. The summed E-state index contributed by atoms with van der Waals surface area (Å²) in [5.41, 5.74) is 2.34. The van der Waals surface area contributed by atoms with Crippen LogP contribution in [0.15, 0.2) is 67.1 Å². The van der Waals surface area contributed by atoms with Crippen molar-refractivity contribution >= 4 is 10.9 Å². The summed E-state index contributed by atoms with van der Waals surface area (Å²) in [7, 11) is 0. The first-order valence-corrected chi connectivity index (χ1v) is 5.69. The van der Waals surface area contributed by atoms with Gasteiger partial charge in [-0.1, -0.05) is 30.3 Å². The molecule has 0 aliphatic carbocycles. The number of fused-ring (bicyclic) bond motifs is 1. The lowest BCUT2D eigenvalue weighted by atomic mass is 10.2. The molecule has 2 nitrogen and oxygen atoms in total. The van der Waals surface area contributed by atoms with E-state index in [1.54, 1.807) is 0 Å². The maximum Gasteiger partial charge on any atom is 0.178 e. The van der Waals surface area contributed by atoms with Crippen molar-refractivity contribution in [3.63, 3.8) is 0 Å². The van der Waals surface area contributed by atoms with E-state index in [2.05, 4.69) is 58.3 Å². The third-order valence-corrected chi connectivity index (χ3v) is 2.81. The second-order valence-corrected chi connectivity index (χ2v) is 4.08. The van der Waals surface area contributed by atoms with E-state index in [0.717, 1.165) is 12.1 Å². The number of rotatable bonds is 2. The number of pyridine rings is 2. The summed E-state index contributed by atoms with van der Waals surface area (Å²) in [4.78, 5) is 4.32. The first-order chi connectivity index (χ1) is 8.42. The van der Waals surface area contributed by atoms with Crippen LogP contribution in [0.4, 0.5) is 0 Å². The van der Waals surface area contributed by atoms with Gasteiger partial charge in [-0.05, 0) is 12.1 Å². The number of hydrogen-bond donors (Lipinski definition) is 0. The summed E-state index contributed by atoms with van der Waals surface area (Å²) in [6.45, 7) is 0.895. The zero-order valence-corrected chi connectivity index (χ0v) is 9.45. The quantitative estimate of drug-likeness (QED) is 0.608. The van der Waals surface area contributed by atoms with Gasteiger partial charge >= 0.3 is 0 Å². The van der Waals surface area contributed by atoms with Crippen molar-refractivity contribution in [3.05, 3.63) is 72.7 Å². The topological polar surface area (TPSA) is 16.8 Å². The van der Waals surface area contributed by atoms with Gasteiger partial charge in [-0.2, -0.15) is 0 Å². The van der Waals surface area contributed by atoms with E-state index in [1.165, 1.54) is 10.9 Å². The molecule has 0 radical (unpaired) electrons. The molecular weight excluding hydrogens is 208 g/mol. The minimum atomic E-state index is 0.895. The molecule has 82 valence electrons. The molecule has 3 rings (SSSR count). The minimum absolute atomic E-state index is 0.895. The molecule has 0 saturated heterocycles. The van der Waals surface area contributed by atoms with E-state index < -0.39 is 0 Å². The minimum Gasteiger partial charge on any atom is -0.256 e. The van der Waals surface area contributed by atoms with Crippen LogP contribution in [-0.2, 0) is 6.54 Å². The fourth-order valence-electron chi connectivity index (χ4n) is 1.96. The third kappa shape index (κ3) is 2.16. The van der Waals surface area contributed by atoms with Gasteiger partial charge in [0, 0.05) is 17.8 Å². The van der Waals surface area contributed by atoms with Crippen molar-refractivity contribution in [3.8, 4) is 0 Å². The summed E-state index contributed by atoms with van der Waals surface area (Å²) in [5, 5.41) is 1.17. The normalized spacial score (nSPS) is 10.6. The summed E-state index contributed by atoms with van der Waals surface area (Å²) < 4.78 is 2.18. The van der Waals surface area contributed by atoms with Gasteiger partial charge in [0.2, 0.25) is 0 Å². The average Bonchev–Trinajstić information content (AvgIpc) is 2.40. The van der Waals surface area contributed by atoms with Gasteiger partial charge in [-0.25, -0.2) is 4.57 Å². The molecule has 0 aliphatic rings. The summed E-state index contributed by atoms with van der Waals surface area (Å²) in [6.07, 6.45) is 6.03. The molecule has 2 heterocycles. The fraction of sp³-hybridized carbons (Fsp3) is 0.0667. The maximum absolute atomic E-state index is 4.32. The van der Waals surface area contributed by atoms with Crippen molar-refractivity contribution < 1.29 is 4.57 Å². The van der Waals surface area contributed by atoms with E-state index in [4.69, 9.17) is 0 Å². The molecule has 0 atom stereocenters. The van der Waals surface area contributed by atoms with Crippen molar-refractivity contribution in [2.75, 3.05) is 0 Å². The lowest BCUT2D eigenvalue weighted by Gasteiger charge is -1.99. The van der Waals surface area contributed by atoms with E-state index in [9.17, 15) is 0 Å². The highest BCUT2D eigenvalue weighted by Crippen LogP contribution is 2.06. The second-order valence-electron chi connectivity index (χ2n) is 4.08. The van der Waals surface area contributed by atoms with E-state index in [1.807, 2.05) is 18.3 Å². The Labute approximate surface area is 100 Å². The van der Waals surface area contributed by atoms with Crippen LogP contribution in [0.2, 0.25) is 0 Å². The third-order valence-electron chi connectivity index (χ3n) is 2.81. The van der Waals surface area contributed by atoms with Crippen molar-refractivity contribution in [2.45, 2.75) is 6.54 Å². The van der Waals surface area contributed by atoms with E-state index >= 15 is 0 Å². The van der Waals surface area contributed by atoms with Crippen LogP contribution in [0.3, 0.4) is 0 Å². The molecule has 0 N–H and O–H groups in total. The largest absolute Gasteiger partial charge is 0.256 e. The first kappa shape index (κ1) is 9.97. The highest BCUT2D eigenvalue weighted by Gasteiger charge is 2.04. The lowest BCUT2D eigenvalue weighted by molar-refractivity contribution is -0.687. The second kappa shape index (κ2) is 4.34. The summed E-state index contributed by atoms with van der Waals surface area (Å²) in [5.74, 6) is 0. The fourth-order valence-corrected chi connectivity index (χ4v) is 1.96. The molecule has 0 bridgehead atoms. The van der Waals surface area contributed by atoms with Gasteiger partial charge in [0.1, 0.15) is 0 Å². The van der Waals surface area contributed by atoms with E-state index in [0.29, 0.717) is 0 Å². The number of benzene rings is 1. The Morgan fingerprint density at radius 3 is 2.71 bits per heavy atom. The van der Waals surface area contributed by atoms with Crippen LogP contribution in [0.5, 0.6) is 0 Å². The molecule has 2 aromatic heterocycles.